The van der Waals surface area contributed by atoms with Crippen LogP contribution in [0.1, 0.15) is 55.2 Å². The minimum atomic E-state index is 0.0278. The second-order valence-corrected chi connectivity index (χ2v) is 7.02. The maximum absolute atomic E-state index is 12.8. The molecule has 3 heterocycles. The van der Waals surface area contributed by atoms with Crippen LogP contribution < -0.4 is 5.56 Å². The first-order valence-corrected chi connectivity index (χ1v) is 8.99. The van der Waals surface area contributed by atoms with Gasteiger partial charge in [0, 0.05) is 31.1 Å². The zero-order valence-electron chi connectivity index (χ0n) is 14.1. The number of carbonyl (C=O) groups excluding carboxylic acids is 1. The van der Waals surface area contributed by atoms with Crippen LogP contribution in [0.5, 0.6) is 0 Å². The maximum atomic E-state index is 12.8. The average Bonchev–Trinajstić information content (AvgIpc) is 2.61. The molecule has 0 radical (unpaired) electrons. The standard InChI is InChI=1S/C19H23N3O2/c1-13-6-2-4-10-21(13)18(23)14-8-9-15-16(12-14)20-17-7-3-5-11-22(17)19(15)24/h8-9,12-13H,2-7,10-11H2,1H3/t13-/m1/s1. The van der Waals surface area contributed by atoms with Crippen molar-refractivity contribution in [2.24, 2.45) is 0 Å². The van der Waals surface area contributed by atoms with Crippen molar-refractivity contribution in [1.29, 1.82) is 0 Å². The van der Waals surface area contributed by atoms with Crippen LogP contribution in [0.25, 0.3) is 10.9 Å². The molecule has 5 nitrogen and oxygen atoms in total. The van der Waals surface area contributed by atoms with Gasteiger partial charge in [0.25, 0.3) is 11.5 Å². The largest absolute Gasteiger partial charge is 0.336 e. The van der Waals surface area contributed by atoms with Gasteiger partial charge in [-0.25, -0.2) is 4.98 Å². The van der Waals surface area contributed by atoms with Crippen LogP contribution in [-0.4, -0.2) is 32.9 Å². The Bertz CT molecular complexity index is 856. The Balaban J connectivity index is 1.75. The molecule has 0 N–H and O–H groups in total. The number of hydrogen-bond acceptors (Lipinski definition) is 3. The lowest BCUT2D eigenvalue weighted by Crippen LogP contribution is -2.42. The van der Waals surface area contributed by atoms with Crippen molar-refractivity contribution in [1.82, 2.24) is 14.5 Å². The number of piperidine rings is 1. The van der Waals surface area contributed by atoms with Gasteiger partial charge >= 0.3 is 0 Å². The normalized spacial score (nSPS) is 20.9. The highest BCUT2D eigenvalue weighted by Crippen LogP contribution is 2.21. The van der Waals surface area contributed by atoms with Gasteiger partial charge in [-0.1, -0.05) is 0 Å². The highest BCUT2D eigenvalue weighted by atomic mass is 16.2. The Morgan fingerprint density at radius 1 is 1.17 bits per heavy atom. The lowest BCUT2D eigenvalue weighted by molar-refractivity contribution is 0.0636. The zero-order valence-corrected chi connectivity index (χ0v) is 14.1. The summed E-state index contributed by atoms with van der Waals surface area (Å²) in [5.41, 5.74) is 1.33. The van der Waals surface area contributed by atoms with E-state index in [1.165, 1.54) is 6.42 Å². The van der Waals surface area contributed by atoms with Gasteiger partial charge < -0.3 is 4.90 Å². The molecule has 0 saturated carbocycles. The fourth-order valence-electron chi connectivity index (χ4n) is 3.94. The number of amides is 1. The first kappa shape index (κ1) is 15.4. The summed E-state index contributed by atoms with van der Waals surface area (Å²) in [5, 5.41) is 0.615. The molecule has 0 unspecified atom stereocenters. The second-order valence-electron chi connectivity index (χ2n) is 7.02. The van der Waals surface area contributed by atoms with Crippen molar-refractivity contribution in [3.05, 3.63) is 39.9 Å². The molecule has 1 fully saturated rings. The molecule has 4 rings (SSSR count). The van der Waals surface area contributed by atoms with E-state index in [-0.39, 0.29) is 17.5 Å². The maximum Gasteiger partial charge on any atom is 0.261 e. The molecule has 24 heavy (non-hydrogen) atoms. The molecule has 1 aromatic heterocycles. The van der Waals surface area contributed by atoms with E-state index >= 15 is 0 Å². The molecule has 1 atom stereocenters. The van der Waals surface area contributed by atoms with Crippen molar-refractivity contribution >= 4 is 16.8 Å². The lowest BCUT2D eigenvalue weighted by atomic mass is 10.0. The molecule has 0 spiro atoms. The summed E-state index contributed by atoms with van der Waals surface area (Å²) in [6, 6.07) is 5.64. The Morgan fingerprint density at radius 3 is 2.83 bits per heavy atom. The monoisotopic (exact) mass is 325 g/mol. The first-order valence-electron chi connectivity index (χ1n) is 8.99. The van der Waals surface area contributed by atoms with Crippen LogP contribution in [0.4, 0.5) is 0 Å². The zero-order chi connectivity index (χ0) is 16.7. The molecular weight excluding hydrogens is 302 g/mol. The number of aryl methyl sites for hydroxylation is 1. The van der Waals surface area contributed by atoms with E-state index in [1.54, 1.807) is 22.8 Å². The molecule has 0 bridgehead atoms. The van der Waals surface area contributed by atoms with Gasteiger partial charge in [0.05, 0.1) is 10.9 Å². The Morgan fingerprint density at radius 2 is 2.00 bits per heavy atom. The van der Waals surface area contributed by atoms with Gasteiger partial charge in [0.1, 0.15) is 5.82 Å². The summed E-state index contributed by atoms with van der Waals surface area (Å²) in [6.45, 7) is 3.68. The quantitative estimate of drug-likeness (QED) is 0.810. The fraction of sp³-hybridized carbons (Fsp3) is 0.526. The SMILES string of the molecule is C[C@@H]1CCCCN1C(=O)c1ccc2c(=O)n3c(nc2c1)CCCC3. The van der Waals surface area contributed by atoms with Crippen LogP contribution in [0.3, 0.4) is 0 Å². The third-order valence-corrected chi connectivity index (χ3v) is 5.38. The van der Waals surface area contributed by atoms with E-state index in [2.05, 4.69) is 11.9 Å². The van der Waals surface area contributed by atoms with Gasteiger partial charge in [0.15, 0.2) is 0 Å². The van der Waals surface area contributed by atoms with E-state index in [1.807, 2.05) is 4.90 Å². The second kappa shape index (κ2) is 6.04. The highest BCUT2D eigenvalue weighted by molar-refractivity contribution is 5.97. The van der Waals surface area contributed by atoms with Crippen LogP contribution in [0, 0.1) is 0 Å². The number of hydrogen-bond donors (Lipinski definition) is 0. The fourth-order valence-corrected chi connectivity index (χ4v) is 3.94. The van der Waals surface area contributed by atoms with E-state index < -0.39 is 0 Å². The van der Waals surface area contributed by atoms with E-state index in [9.17, 15) is 9.59 Å². The summed E-state index contributed by atoms with van der Waals surface area (Å²) in [6.07, 6.45) is 6.26. The summed E-state index contributed by atoms with van der Waals surface area (Å²) in [7, 11) is 0. The number of carbonyl (C=O) groups is 1. The van der Waals surface area contributed by atoms with Crippen molar-refractivity contribution in [3.63, 3.8) is 0 Å². The number of benzene rings is 1. The van der Waals surface area contributed by atoms with Crippen molar-refractivity contribution < 1.29 is 4.79 Å². The van der Waals surface area contributed by atoms with Crippen LogP contribution in [-0.2, 0) is 13.0 Å². The molecule has 2 aliphatic rings. The lowest BCUT2D eigenvalue weighted by Gasteiger charge is -2.33. The molecular formula is C19H23N3O2. The first-order chi connectivity index (χ1) is 11.6. The van der Waals surface area contributed by atoms with E-state index in [4.69, 9.17) is 0 Å². The minimum Gasteiger partial charge on any atom is -0.336 e. The topological polar surface area (TPSA) is 55.2 Å². The summed E-state index contributed by atoms with van der Waals surface area (Å²) in [4.78, 5) is 32.1. The van der Waals surface area contributed by atoms with E-state index in [0.717, 1.165) is 51.0 Å². The molecule has 2 aliphatic heterocycles. The van der Waals surface area contributed by atoms with Crippen LogP contribution in [0.15, 0.2) is 23.0 Å². The molecule has 1 aromatic carbocycles. The molecule has 1 amide bonds. The highest BCUT2D eigenvalue weighted by Gasteiger charge is 2.25. The third kappa shape index (κ3) is 2.52. The van der Waals surface area contributed by atoms with E-state index in [0.29, 0.717) is 16.5 Å². The molecule has 126 valence electrons. The van der Waals surface area contributed by atoms with Crippen molar-refractivity contribution in [2.45, 2.75) is 58.0 Å². The minimum absolute atomic E-state index is 0.0278. The molecule has 0 aliphatic carbocycles. The Hall–Kier alpha value is -2.17. The third-order valence-electron chi connectivity index (χ3n) is 5.38. The van der Waals surface area contributed by atoms with Crippen molar-refractivity contribution in [2.75, 3.05) is 6.54 Å². The Kier molecular flexibility index (Phi) is 3.87. The smallest absolute Gasteiger partial charge is 0.261 e. The number of likely N-dealkylation sites (tertiary alicyclic amines) is 1. The predicted octanol–water partition coefficient (Wildman–Crippen LogP) is 2.75. The van der Waals surface area contributed by atoms with Gasteiger partial charge in [-0.15, -0.1) is 0 Å². The average molecular weight is 325 g/mol. The molecule has 1 saturated heterocycles. The van der Waals surface area contributed by atoms with Gasteiger partial charge in [-0.3, -0.25) is 14.2 Å². The summed E-state index contributed by atoms with van der Waals surface area (Å²) >= 11 is 0. The molecule has 5 heteroatoms. The number of aromatic nitrogens is 2. The number of rotatable bonds is 1. The number of nitrogens with zero attached hydrogens (tertiary/aromatic N) is 3. The molecule has 2 aromatic rings. The van der Waals surface area contributed by atoms with Gasteiger partial charge in [0.2, 0.25) is 0 Å². The van der Waals surface area contributed by atoms with Crippen LogP contribution >= 0.6 is 0 Å². The number of fused-ring (bicyclic) bond motifs is 2. The van der Waals surface area contributed by atoms with Gasteiger partial charge in [-0.05, 0) is 57.2 Å². The van der Waals surface area contributed by atoms with Gasteiger partial charge in [-0.2, -0.15) is 0 Å². The Labute approximate surface area is 141 Å². The predicted molar refractivity (Wildman–Crippen MR) is 93.3 cm³/mol. The summed E-state index contributed by atoms with van der Waals surface area (Å²) < 4.78 is 1.79. The van der Waals surface area contributed by atoms with Crippen molar-refractivity contribution in [3.8, 4) is 0 Å². The summed E-state index contributed by atoms with van der Waals surface area (Å²) in [5.74, 6) is 0.915. The van der Waals surface area contributed by atoms with Crippen LogP contribution in [0.2, 0.25) is 0 Å².